The van der Waals surface area contributed by atoms with Crippen molar-refractivity contribution in [3.8, 4) is 0 Å². The Labute approximate surface area is 116 Å². The number of anilines is 1. The van der Waals surface area contributed by atoms with Gasteiger partial charge >= 0.3 is 0 Å². The molecular formula is C12H16N2O3S2. The lowest BCUT2D eigenvalue weighted by Gasteiger charge is -2.12. The Bertz CT molecular complexity index is 617. The van der Waals surface area contributed by atoms with Gasteiger partial charge in [-0.3, -0.25) is 0 Å². The molecule has 0 amide bonds. The maximum atomic E-state index is 12.0. The Morgan fingerprint density at radius 3 is 2.89 bits per heavy atom. The van der Waals surface area contributed by atoms with Crippen molar-refractivity contribution in [2.75, 3.05) is 5.73 Å². The van der Waals surface area contributed by atoms with Crippen molar-refractivity contribution in [3.05, 3.63) is 35.6 Å². The number of furan rings is 1. The summed E-state index contributed by atoms with van der Waals surface area (Å²) in [6.45, 7) is 1.83. The van der Waals surface area contributed by atoms with E-state index in [4.69, 9.17) is 10.2 Å². The van der Waals surface area contributed by atoms with E-state index in [0.29, 0.717) is 18.5 Å². The molecule has 3 N–H and O–H groups in total. The molecule has 0 aliphatic rings. The molecule has 0 saturated carbocycles. The molecule has 2 aromatic rings. The number of nitrogens with one attached hydrogen (secondary N) is 1. The minimum absolute atomic E-state index is 0.168. The maximum Gasteiger partial charge on any atom is 0.250 e. The van der Waals surface area contributed by atoms with E-state index in [2.05, 4.69) is 4.72 Å². The Morgan fingerprint density at radius 2 is 2.32 bits per heavy atom. The van der Waals surface area contributed by atoms with Gasteiger partial charge in [-0.1, -0.05) is 0 Å². The van der Waals surface area contributed by atoms with Crippen molar-refractivity contribution < 1.29 is 12.8 Å². The first kappa shape index (κ1) is 14.1. The van der Waals surface area contributed by atoms with Crippen LogP contribution in [0.15, 0.2) is 38.5 Å². The minimum Gasteiger partial charge on any atom is -0.469 e. The van der Waals surface area contributed by atoms with Crippen LogP contribution in [0, 0.1) is 0 Å². The van der Waals surface area contributed by atoms with Crippen LogP contribution < -0.4 is 10.5 Å². The highest BCUT2D eigenvalue weighted by molar-refractivity contribution is 7.91. The van der Waals surface area contributed by atoms with Gasteiger partial charge in [0.05, 0.1) is 6.26 Å². The van der Waals surface area contributed by atoms with Crippen LogP contribution in [0.1, 0.15) is 19.1 Å². The van der Waals surface area contributed by atoms with Crippen LogP contribution in [0.4, 0.5) is 5.69 Å². The zero-order chi connectivity index (χ0) is 13.9. The number of hydrogen-bond donors (Lipinski definition) is 2. The van der Waals surface area contributed by atoms with Crippen LogP contribution in [-0.2, 0) is 16.4 Å². The van der Waals surface area contributed by atoms with Crippen molar-refractivity contribution in [2.24, 2.45) is 0 Å². The van der Waals surface area contributed by atoms with Gasteiger partial charge in [-0.25, -0.2) is 13.1 Å². The third kappa shape index (κ3) is 3.82. The van der Waals surface area contributed by atoms with Crippen LogP contribution in [0.2, 0.25) is 0 Å². The van der Waals surface area contributed by atoms with Gasteiger partial charge in [0.25, 0.3) is 0 Å². The lowest BCUT2D eigenvalue weighted by Crippen LogP contribution is -2.32. The predicted molar refractivity (Wildman–Crippen MR) is 75.5 cm³/mol. The molecule has 5 nitrogen and oxygen atoms in total. The summed E-state index contributed by atoms with van der Waals surface area (Å²) in [6.07, 6.45) is 2.98. The fraction of sp³-hybridized carbons (Fsp3) is 0.333. The molecule has 104 valence electrons. The zero-order valence-corrected chi connectivity index (χ0v) is 12.1. The van der Waals surface area contributed by atoms with E-state index in [1.54, 1.807) is 11.6 Å². The van der Waals surface area contributed by atoms with Crippen LogP contribution in [-0.4, -0.2) is 14.5 Å². The number of rotatable bonds is 6. The van der Waals surface area contributed by atoms with Crippen LogP contribution in [0.25, 0.3) is 0 Å². The smallest absolute Gasteiger partial charge is 0.250 e. The number of sulfonamides is 1. The summed E-state index contributed by atoms with van der Waals surface area (Å²) in [4.78, 5) is 0. The number of thiophene rings is 1. The Hall–Kier alpha value is -1.31. The Balaban J connectivity index is 1.92. The first-order chi connectivity index (χ1) is 8.97. The monoisotopic (exact) mass is 300 g/mol. The van der Waals surface area contributed by atoms with E-state index in [0.717, 1.165) is 17.1 Å². The molecule has 0 saturated heterocycles. The highest BCUT2D eigenvalue weighted by atomic mass is 32.2. The van der Waals surface area contributed by atoms with Crippen molar-refractivity contribution in [2.45, 2.75) is 30.0 Å². The van der Waals surface area contributed by atoms with E-state index in [1.165, 1.54) is 6.07 Å². The van der Waals surface area contributed by atoms with E-state index in [-0.39, 0.29) is 10.3 Å². The van der Waals surface area contributed by atoms with Gasteiger partial charge in [0, 0.05) is 23.5 Å². The predicted octanol–water partition coefficient (Wildman–Crippen LogP) is 2.22. The second kappa shape index (κ2) is 5.77. The highest BCUT2D eigenvalue weighted by Gasteiger charge is 2.19. The molecule has 0 aliphatic carbocycles. The molecule has 0 bridgehead atoms. The first-order valence-corrected chi connectivity index (χ1v) is 8.22. The molecule has 1 unspecified atom stereocenters. The standard InChI is InChI=1S/C12H16N2O3S2/c1-9(4-5-11-3-2-6-17-11)14-19(15,16)12-7-10(13)8-18-12/h2-3,6-9,14H,4-5,13H2,1H3. The first-order valence-electron chi connectivity index (χ1n) is 5.86. The molecule has 0 aromatic carbocycles. The van der Waals surface area contributed by atoms with Crippen molar-refractivity contribution >= 4 is 27.0 Å². The molecule has 1 atom stereocenters. The van der Waals surface area contributed by atoms with E-state index < -0.39 is 10.0 Å². The van der Waals surface area contributed by atoms with E-state index in [9.17, 15) is 8.42 Å². The third-order valence-corrected chi connectivity index (χ3v) is 5.67. The molecule has 2 aromatic heterocycles. The molecule has 2 heterocycles. The van der Waals surface area contributed by atoms with Crippen LogP contribution in [0.5, 0.6) is 0 Å². The van der Waals surface area contributed by atoms with Gasteiger partial charge in [0.1, 0.15) is 9.97 Å². The molecule has 2 rings (SSSR count). The average Bonchev–Trinajstić information content (AvgIpc) is 2.96. The SMILES string of the molecule is CC(CCc1ccco1)NS(=O)(=O)c1cc(N)cs1. The van der Waals surface area contributed by atoms with Gasteiger partial charge in [-0.15, -0.1) is 11.3 Å². The number of aryl methyl sites for hydroxylation is 1. The van der Waals surface area contributed by atoms with E-state index in [1.807, 2.05) is 19.1 Å². The second-order valence-electron chi connectivity index (χ2n) is 4.34. The molecule has 0 fully saturated rings. The zero-order valence-electron chi connectivity index (χ0n) is 10.5. The summed E-state index contributed by atoms with van der Waals surface area (Å²) in [6, 6.07) is 4.99. The summed E-state index contributed by atoms with van der Waals surface area (Å²) in [5.41, 5.74) is 6.00. The lowest BCUT2D eigenvalue weighted by molar-refractivity contribution is 0.480. The lowest BCUT2D eigenvalue weighted by atomic mass is 10.2. The maximum absolute atomic E-state index is 12.0. The summed E-state index contributed by atoms with van der Waals surface area (Å²) >= 11 is 1.12. The van der Waals surface area contributed by atoms with Gasteiger partial charge < -0.3 is 10.2 Å². The number of hydrogen-bond acceptors (Lipinski definition) is 5. The topological polar surface area (TPSA) is 85.3 Å². The fourth-order valence-corrected chi connectivity index (χ4v) is 4.04. The van der Waals surface area contributed by atoms with Crippen LogP contribution in [0.3, 0.4) is 0 Å². The summed E-state index contributed by atoms with van der Waals surface area (Å²) in [7, 11) is -3.47. The van der Waals surface area contributed by atoms with E-state index >= 15 is 0 Å². The van der Waals surface area contributed by atoms with Crippen molar-refractivity contribution in [1.29, 1.82) is 0 Å². The van der Waals surface area contributed by atoms with Gasteiger partial charge in [0.15, 0.2) is 0 Å². The number of nitrogens with two attached hydrogens (primary N) is 1. The minimum atomic E-state index is -3.47. The molecular weight excluding hydrogens is 284 g/mol. The summed E-state index contributed by atoms with van der Waals surface area (Å²) < 4.78 is 32.2. The number of nitrogen functional groups attached to an aromatic ring is 1. The average molecular weight is 300 g/mol. The molecule has 19 heavy (non-hydrogen) atoms. The molecule has 0 aliphatic heterocycles. The van der Waals surface area contributed by atoms with Crippen molar-refractivity contribution in [3.63, 3.8) is 0 Å². The Morgan fingerprint density at radius 1 is 1.53 bits per heavy atom. The summed E-state index contributed by atoms with van der Waals surface area (Å²) in [5.74, 6) is 0.853. The molecule has 0 radical (unpaired) electrons. The van der Waals surface area contributed by atoms with Gasteiger partial charge in [-0.2, -0.15) is 0 Å². The van der Waals surface area contributed by atoms with Gasteiger partial charge in [-0.05, 0) is 31.5 Å². The van der Waals surface area contributed by atoms with Gasteiger partial charge in [0.2, 0.25) is 10.0 Å². The second-order valence-corrected chi connectivity index (χ2v) is 7.19. The molecule has 7 heteroatoms. The largest absolute Gasteiger partial charge is 0.469 e. The third-order valence-electron chi connectivity index (χ3n) is 2.62. The Kier molecular flexibility index (Phi) is 4.28. The highest BCUT2D eigenvalue weighted by Crippen LogP contribution is 2.21. The summed E-state index contributed by atoms with van der Waals surface area (Å²) in [5, 5.41) is 1.61. The van der Waals surface area contributed by atoms with Crippen molar-refractivity contribution in [1.82, 2.24) is 4.72 Å². The fourth-order valence-electron chi connectivity index (χ4n) is 1.67. The molecule has 0 spiro atoms. The van der Waals surface area contributed by atoms with Crippen LogP contribution >= 0.6 is 11.3 Å². The quantitative estimate of drug-likeness (QED) is 0.856. The normalized spacial score (nSPS) is 13.5.